The zero-order valence-corrected chi connectivity index (χ0v) is 11.3. The molecule has 0 saturated heterocycles. The molecule has 104 valence electrons. The molecule has 1 atom stereocenters. The first kappa shape index (κ1) is 13.9. The highest BCUT2D eigenvalue weighted by Crippen LogP contribution is 2.36. The molecule has 0 aliphatic heterocycles. The van der Waals surface area contributed by atoms with Crippen LogP contribution in [0.15, 0.2) is 12.5 Å². The molecule has 2 rings (SSSR count). The quantitative estimate of drug-likeness (QED) is 0.522. The lowest BCUT2D eigenvalue weighted by atomic mass is 10.2. The van der Waals surface area contributed by atoms with Gasteiger partial charge in [0.05, 0.1) is 6.33 Å². The molecule has 1 unspecified atom stereocenters. The van der Waals surface area contributed by atoms with E-state index < -0.39 is 12.0 Å². The van der Waals surface area contributed by atoms with Crippen LogP contribution in [-0.2, 0) is 15.3 Å². The SMILES string of the molecule is O=CNC(CCSCc1cncn1C1CC1)C(=O)O. The number of aliphatic carboxylic acids is 1. The summed E-state index contributed by atoms with van der Waals surface area (Å²) in [7, 11) is 0. The van der Waals surface area contributed by atoms with E-state index in [0.29, 0.717) is 24.6 Å². The fourth-order valence-corrected chi connectivity index (χ4v) is 2.84. The molecule has 1 amide bonds. The van der Waals surface area contributed by atoms with E-state index in [1.807, 2.05) is 12.5 Å². The number of thioether (sulfide) groups is 1. The second kappa shape index (κ2) is 6.60. The maximum Gasteiger partial charge on any atom is 0.326 e. The summed E-state index contributed by atoms with van der Waals surface area (Å²) in [6, 6.07) is -0.181. The number of nitrogens with one attached hydrogen (secondary N) is 1. The van der Waals surface area contributed by atoms with E-state index in [4.69, 9.17) is 5.11 Å². The van der Waals surface area contributed by atoms with E-state index in [-0.39, 0.29) is 0 Å². The van der Waals surface area contributed by atoms with Gasteiger partial charge in [0.25, 0.3) is 0 Å². The molecule has 0 aromatic carbocycles. The third kappa shape index (κ3) is 3.99. The lowest BCUT2D eigenvalue weighted by molar-refractivity contribution is -0.140. The Morgan fingerprint density at radius 3 is 3.11 bits per heavy atom. The summed E-state index contributed by atoms with van der Waals surface area (Å²) < 4.78 is 2.20. The average Bonchev–Trinajstić information content (AvgIpc) is 3.12. The van der Waals surface area contributed by atoms with Gasteiger partial charge < -0.3 is 15.0 Å². The van der Waals surface area contributed by atoms with Crippen LogP contribution in [0.5, 0.6) is 0 Å². The van der Waals surface area contributed by atoms with E-state index in [0.717, 1.165) is 5.75 Å². The number of carboxylic acid groups (broad SMARTS) is 1. The van der Waals surface area contributed by atoms with Gasteiger partial charge in [-0.05, 0) is 25.0 Å². The molecular weight excluding hydrogens is 266 g/mol. The monoisotopic (exact) mass is 283 g/mol. The Bertz CT molecular complexity index is 445. The highest BCUT2D eigenvalue weighted by atomic mass is 32.2. The van der Waals surface area contributed by atoms with Crippen LogP contribution in [0.3, 0.4) is 0 Å². The van der Waals surface area contributed by atoms with Gasteiger partial charge in [-0.2, -0.15) is 11.8 Å². The van der Waals surface area contributed by atoms with Crippen LogP contribution in [0, 0.1) is 0 Å². The van der Waals surface area contributed by atoms with Gasteiger partial charge in [-0.25, -0.2) is 9.78 Å². The summed E-state index contributed by atoms with van der Waals surface area (Å²) in [5.74, 6) is 0.521. The van der Waals surface area contributed by atoms with Gasteiger partial charge >= 0.3 is 5.97 Å². The maximum atomic E-state index is 10.8. The van der Waals surface area contributed by atoms with Crippen molar-refractivity contribution >= 4 is 24.1 Å². The Balaban J connectivity index is 1.72. The summed E-state index contributed by atoms with van der Waals surface area (Å²) in [5, 5.41) is 11.2. The van der Waals surface area contributed by atoms with Crippen LogP contribution < -0.4 is 5.32 Å². The number of hydrogen-bond acceptors (Lipinski definition) is 4. The summed E-state index contributed by atoms with van der Waals surface area (Å²) in [4.78, 5) is 25.2. The minimum absolute atomic E-state index is 0.427. The fourth-order valence-electron chi connectivity index (χ4n) is 1.86. The molecule has 1 aromatic heterocycles. The van der Waals surface area contributed by atoms with Crippen LogP contribution in [0.4, 0.5) is 0 Å². The molecule has 1 aromatic rings. The number of carboxylic acids is 1. The fraction of sp³-hybridized carbons (Fsp3) is 0.583. The number of amides is 1. The van der Waals surface area contributed by atoms with Gasteiger partial charge in [-0.1, -0.05) is 0 Å². The molecule has 1 saturated carbocycles. The van der Waals surface area contributed by atoms with Crippen molar-refractivity contribution in [3.63, 3.8) is 0 Å². The molecule has 7 heteroatoms. The number of carbonyl (C=O) groups excluding carboxylic acids is 1. The molecule has 1 aliphatic rings. The molecule has 1 heterocycles. The van der Waals surface area contributed by atoms with Crippen LogP contribution in [0.2, 0.25) is 0 Å². The number of imidazole rings is 1. The summed E-state index contributed by atoms with van der Waals surface area (Å²) in [5.41, 5.74) is 1.18. The number of nitrogens with zero attached hydrogens (tertiary/aromatic N) is 2. The zero-order chi connectivity index (χ0) is 13.7. The van der Waals surface area contributed by atoms with E-state index in [1.54, 1.807) is 11.8 Å². The standard InChI is InChI=1S/C12H17N3O3S/c16-8-14-11(12(17)18)3-4-19-6-10-5-13-7-15(10)9-1-2-9/h5,7-9,11H,1-4,6H2,(H,14,16)(H,17,18). The molecule has 0 radical (unpaired) electrons. The summed E-state index contributed by atoms with van der Waals surface area (Å²) >= 11 is 1.66. The number of aromatic nitrogens is 2. The maximum absolute atomic E-state index is 10.8. The van der Waals surface area contributed by atoms with Crippen LogP contribution in [0.1, 0.15) is 31.0 Å². The van der Waals surface area contributed by atoms with Crippen molar-refractivity contribution in [3.8, 4) is 0 Å². The highest BCUT2D eigenvalue weighted by Gasteiger charge is 2.25. The Labute approximate surface area is 115 Å². The van der Waals surface area contributed by atoms with Gasteiger partial charge in [0.15, 0.2) is 0 Å². The van der Waals surface area contributed by atoms with Crippen molar-refractivity contribution in [1.82, 2.24) is 14.9 Å². The van der Waals surface area contributed by atoms with Crippen LogP contribution >= 0.6 is 11.8 Å². The van der Waals surface area contributed by atoms with Crippen molar-refractivity contribution in [3.05, 3.63) is 18.2 Å². The molecule has 19 heavy (non-hydrogen) atoms. The predicted molar refractivity (Wildman–Crippen MR) is 71.9 cm³/mol. The summed E-state index contributed by atoms with van der Waals surface area (Å²) in [6.45, 7) is 0. The average molecular weight is 283 g/mol. The number of carbonyl (C=O) groups is 2. The number of hydrogen-bond donors (Lipinski definition) is 2. The predicted octanol–water partition coefficient (Wildman–Crippen LogP) is 1.04. The molecule has 6 nitrogen and oxygen atoms in total. The van der Waals surface area contributed by atoms with Gasteiger partial charge in [-0.3, -0.25) is 4.79 Å². The minimum atomic E-state index is -0.990. The smallest absolute Gasteiger partial charge is 0.326 e. The van der Waals surface area contributed by atoms with Crippen molar-refractivity contribution < 1.29 is 14.7 Å². The number of rotatable bonds is 9. The highest BCUT2D eigenvalue weighted by molar-refractivity contribution is 7.98. The normalized spacial score (nSPS) is 16.0. The first-order valence-electron chi connectivity index (χ1n) is 6.23. The topological polar surface area (TPSA) is 84.2 Å². The first-order chi connectivity index (χ1) is 9.22. The lowest BCUT2D eigenvalue weighted by Gasteiger charge is -2.11. The van der Waals surface area contributed by atoms with Crippen LogP contribution in [-0.4, -0.2) is 38.8 Å². The third-order valence-electron chi connectivity index (χ3n) is 3.05. The molecule has 2 N–H and O–H groups in total. The van der Waals surface area contributed by atoms with E-state index in [9.17, 15) is 9.59 Å². The van der Waals surface area contributed by atoms with Crippen molar-refractivity contribution in [1.29, 1.82) is 0 Å². The molecule has 0 bridgehead atoms. The van der Waals surface area contributed by atoms with Gasteiger partial charge in [0.2, 0.25) is 6.41 Å². The van der Waals surface area contributed by atoms with Gasteiger partial charge in [0.1, 0.15) is 6.04 Å². The Morgan fingerprint density at radius 1 is 1.68 bits per heavy atom. The van der Waals surface area contributed by atoms with E-state index >= 15 is 0 Å². The second-order valence-electron chi connectivity index (χ2n) is 4.54. The zero-order valence-electron chi connectivity index (χ0n) is 10.5. The van der Waals surface area contributed by atoms with Gasteiger partial charge in [0, 0.05) is 23.7 Å². The van der Waals surface area contributed by atoms with Gasteiger partial charge in [-0.15, -0.1) is 0 Å². The third-order valence-corrected chi connectivity index (χ3v) is 4.08. The molecular formula is C12H17N3O3S. The van der Waals surface area contributed by atoms with E-state index in [2.05, 4.69) is 14.9 Å². The molecule has 1 aliphatic carbocycles. The first-order valence-corrected chi connectivity index (χ1v) is 7.38. The Hall–Kier alpha value is -1.50. The van der Waals surface area contributed by atoms with Crippen molar-refractivity contribution in [2.24, 2.45) is 0 Å². The van der Waals surface area contributed by atoms with E-state index in [1.165, 1.54) is 18.5 Å². The largest absolute Gasteiger partial charge is 0.480 e. The van der Waals surface area contributed by atoms with Crippen molar-refractivity contribution in [2.45, 2.75) is 37.1 Å². The lowest BCUT2D eigenvalue weighted by Crippen LogP contribution is -2.36. The van der Waals surface area contributed by atoms with Crippen molar-refractivity contribution in [2.75, 3.05) is 5.75 Å². The van der Waals surface area contributed by atoms with Crippen LogP contribution in [0.25, 0.3) is 0 Å². The second-order valence-corrected chi connectivity index (χ2v) is 5.65. The molecule has 1 fully saturated rings. The minimum Gasteiger partial charge on any atom is -0.480 e. The Morgan fingerprint density at radius 2 is 2.47 bits per heavy atom. The summed E-state index contributed by atoms with van der Waals surface area (Å²) in [6.07, 6.45) is 7.03. The molecule has 0 spiro atoms. The Kier molecular flexibility index (Phi) is 4.84.